The predicted molar refractivity (Wildman–Crippen MR) is 79.5 cm³/mol. The summed E-state index contributed by atoms with van der Waals surface area (Å²) < 4.78 is 2.60. The third-order valence-corrected chi connectivity index (χ3v) is 4.45. The van der Waals surface area contributed by atoms with Gasteiger partial charge < -0.3 is 9.84 Å². The number of thiol groups is 4. The molecule has 1 fully saturated rings. The van der Waals surface area contributed by atoms with Gasteiger partial charge in [-0.3, -0.25) is 4.79 Å². The zero-order valence-electron chi connectivity index (χ0n) is 9.07. The van der Waals surface area contributed by atoms with Crippen LogP contribution in [0.4, 0.5) is 0 Å². The third kappa shape index (κ3) is 7.38. The summed E-state index contributed by atoms with van der Waals surface area (Å²) in [6, 6.07) is 0. The van der Waals surface area contributed by atoms with Crippen LogP contribution in [0.3, 0.4) is 0 Å². The Balaban J connectivity index is 0.000000302. The topological polar surface area (TPSA) is 63.6 Å². The van der Waals surface area contributed by atoms with Gasteiger partial charge in [0.05, 0.1) is 11.2 Å². The van der Waals surface area contributed by atoms with Crippen LogP contribution >= 0.6 is 50.5 Å². The van der Waals surface area contributed by atoms with E-state index in [2.05, 4.69) is 50.5 Å². The fraction of sp³-hybridized carbons (Fsp3) is 0.778. The van der Waals surface area contributed by atoms with Gasteiger partial charge >= 0.3 is 11.9 Å². The number of hydrogen-bond donors (Lipinski definition) is 5. The summed E-state index contributed by atoms with van der Waals surface area (Å²) in [5, 5.41) is 8.36. The first-order chi connectivity index (χ1) is 7.78. The molecule has 1 rings (SSSR count). The summed E-state index contributed by atoms with van der Waals surface area (Å²) in [6.07, 6.45) is 3.83. The van der Waals surface area contributed by atoms with Crippen LogP contribution in [0.15, 0.2) is 0 Å². The van der Waals surface area contributed by atoms with Crippen LogP contribution < -0.4 is 0 Å². The van der Waals surface area contributed by atoms with Crippen LogP contribution in [0, 0.1) is 0 Å². The molecule has 8 heteroatoms. The number of carbonyl (C=O) groups is 2. The second kappa shape index (κ2) is 8.44. The van der Waals surface area contributed by atoms with Crippen LogP contribution in [0.25, 0.3) is 0 Å². The Kier molecular flexibility index (Phi) is 8.61. The normalized spacial score (nSPS) is 16.6. The van der Waals surface area contributed by atoms with Crippen molar-refractivity contribution in [2.75, 3.05) is 6.61 Å². The lowest BCUT2D eigenvalue weighted by atomic mass is 10.2. The van der Waals surface area contributed by atoms with Gasteiger partial charge in [0.15, 0.2) is 4.08 Å². The van der Waals surface area contributed by atoms with Crippen molar-refractivity contribution in [2.24, 2.45) is 0 Å². The highest BCUT2D eigenvalue weighted by atomic mass is 32.2. The van der Waals surface area contributed by atoms with Gasteiger partial charge in [0, 0.05) is 6.42 Å². The quantitative estimate of drug-likeness (QED) is 0.307. The van der Waals surface area contributed by atoms with Crippen molar-refractivity contribution < 1.29 is 19.4 Å². The first-order valence-corrected chi connectivity index (χ1v) is 6.91. The van der Waals surface area contributed by atoms with E-state index in [0.29, 0.717) is 13.0 Å². The zero-order chi connectivity index (χ0) is 13.5. The SMILES string of the molecule is O=C(O)C(S)(S)C(S)S.O=C1CCCCCO1. The van der Waals surface area contributed by atoms with Gasteiger partial charge in [-0.25, -0.2) is 4.79 Å². The molecule has 0 amide bonds. The molecule has 1 saturated heterocycles. The predicted octanol–water partition coefficient (Wildman–Crippen LogP) is 1.92. The standard InChI is InChI=1S/C6H10O2.C3H6O2S4/c7-6-4-2-1-3-5-8-6;4-1(5)3(8,9)2(6)7/h1-5H2;2,6-9H,(H,4,5). The number of carbonyl (C=O) groups excluding carboxylic acids is 1. The van der Waals surface area contributed by atoms with Crippen molar-refractivity contribution in [3.8, 4) is 0 Å². The lowest BCUT2D eigenvalue weighted by Gasteiger charge is -2.19. The molecule has 1 aliphatic rings. The number of rotatable bonds is 2. The number of cyclic esters (lactones) is 1. The monoisotopic (exact) mass is 316 g/mol. The lowest BCUT2D eigenvalue weighted by molar-refractivity contribution is -0.142. The maximum atomic E-state index is 10.5. The molecule has 0 saturated carbocycles. The molecule has 100 valence electrons. The molecule has 0 spiro atoms. The average Bonchev–Trinajstić information content (AvgIpc) is 2.46. The fourth-order valence-electron chi connectivity index (χ4n) is 0.917. The Labute approximate surface area is 123 Å². The molecule has 17 heavy (non-hydrogen) atoms. The fourth-order valence-corrected chi connectivity index (χ4v) is 1.14. The van der Waals surface area contributed by atoms with E-state index in [0.717, 1.165) is 19.3 Å². The summed E-state index contributed by atoms with van der Waals surface area (Å²) in [6.45, 7) is 0.638. The second-order valence-corrected chi connectivity index (χ2v) is 6.64. The average molecular weight is 316 g/mol. The maximum absolute atomic E-state index is 10.5. The Hall–Kier alpha value is 0.340. The van der Waals surface area contributed by atoms with Crippen molar-refractivity contribution in [1.82, 2.24) is 0 Å². The second-order valence-electron chi connectivity index (χ2n) is 3.44. The van der Waals surface area contributed by atoms with Crippen LogP contribution in [-0.2, 0) is 14.3 Å². The van der Waals surface area contributed by atoms with Gasteiger partial charge in [0.25, 0.3) is 0 Å². The van der Waals surface area contributed by atoms with E-state index in [4.69, 9.17) is 9.84 Å². The largest absolute Gasteiger partial charge is 0.480 e. The summed E-state index contributed by atoms with van der Waals surface area (Å²) >= 11 is 14.9. The first kappa shape index (κ1) is 17.3. The van der Waals surface area contributed by atoms with Crippen LogP contribution in [0.1, 0.15) is 25.7 Å². The van der Waals surface area contributed by atoms with Crippen molar-refractivity contribution in [3.63, 3.8) is 0 Å². The highest BCUT2D eigenvalue weighted by Crippen LogP contribution is 2.30. The minimum atomic E-state index is -1.47. The van der Waals surface area contributed by atoms with Gasteiger partial charge in [-0.2, -0.15) is 25.3 Å². The number of carboxylic acid groups (broad SMARTS) is 1. The van der Waals surface area contributed by atoms with Crippen molar-refractivity contribution in [3.05, 3.63) is 0 Å². The number of hydrogen-bond acceptors (Lipinski definition) is 7. The van der Waals surface area contributed by atoms with E-state index in [1.807, 2.05) is 0 Å². The number of aliphatic carboxylic acids is 1. The Morgan fingerprint density at radius 1 is 1.29 bits per heavy atom. The van der Waals surface area contributed by atoms with Gasteiger partial charge in [-0.15, -0.1) is 25.3 Å². The summed E-state index contributed by atoms with van der Waals surface area (Å²) in [7, 11) is 0. The first-order valence-electron chi connectivity index (χ1n) is 4.98. The molecule has 0 atom stereocenters. The summed E-state index contributed by atoms with van der Waals surface area (Å²) in [5.74, 6) is -1.17. The molecule has 0 aromatic rings. The third-order valence-electron chi connectivity index (χ3n) is 1.96. The van der Waals surface area contributed by atoms with Crippen LogP contribution in [-0.4, -0.2) is 32.3 Å². The van der Waals surface area contributed by atoms with Gasteiger partial charge in [0.1, 0.15) is 0 Å². The molecular weight excluding hydrogens is 300 g/mol. The molecule has 4 nitrogen and oxygen atoms in total. The molecular formula is C9H16O4S4. The molecule has 0 aromatic heterocycles. The van der Waals surface area contributed by atoms with Gasteiger partial charge in [-0.1, -0.05) is 0 Å². The van der Waals surface area contributed by atoms with Gasteiger partial charge in [-0.05, 0) is 19.3 Å². The van der Waals surface area contributed by atoms with E-state index in [1.165, 1.54) is 0 Å². The van der Waals surface area contributed by atoms with E-state index in [-0.39, 0.29) is 5.97 Å². The molecule has 0 unspecified atom stereocenters. The Bertz CT molecular complexity index is 258. The van der Waals surface area contributed by atoms with E-state index in [1.54, 1.807) is 0 Å². The van der Waals surface area contributed by atoms with Crippen LogP contribution in [0.5, 0.6) is 0 Å². The Morgan fingerprint density at radius 3 is 2.29 bits per heavy atom. The Morgan fingerprint density at radius 2 is 1.88 bits per heavy atom. The molecule has 0 aromatic carbocycles. The van der Waals surface area contributed by atoms with Gasteiger partial charge in [0.2, 0.25) is 0 Å². The molecule has 0 radical (unpaired) electrons. The summed E-state index contributed by atoms with van der Waals surface area (Å²) in [5.41, 5.74) is 0. The molecule has 1 heterocycles. The molecule has 0 aliphatic carbocycles. The molecule has 1 aliphatic heterocycles. The minimum Gasteiger partial charge on any atom is -0.480 e. The summed E-state index contributed by atoms with van der Waals surface area (Å²) in [4.78, 5) is 20.7. The molecule has 0 bridgehead atoms. The number of esters is 1. The number of ether oxygens (including phenoxy) is 1. The number of carboxylic acids is 1. The van der Waals surface area contributed by atoms with E-state index < -0.39 is 14.6 Å². The van der Waals surface area contributed by atoms with Crippen molar-refractivity contribution in [2.45, 2.75) is 34.3 Å². The van der Waals surface area contributed by atoms with Crippen LogP contribution in [0.2, 0.25) is 0 Å². The highest BCUT2D eigenvalue weighted by molar-refractivity contribution is 8.08. The lowest BCUT2D eigenvalue weighted by Crippen LogP contribution is -2.32. The van der Waals surface area contributed by atoms with E-state index in [9.17, 15) is 9.59 Å². The maximum Gasteiger partial charge on any atom is 0.331 e. The molecule has 1 N–H and O–H groups in total. The van der Waals surface area contributed by atoms with E-state index >= 15 is 0 Å². The zero-order valence-corrected chi connectivity index (χ0v) is 12.7. The van der Waals surface area contributed by atoms with Crippen molar-refractivity contribution >= 4 is 62.5 Å². The highest BCUT2D eigenvalue weighted by Gasteiger charge is 2.35. The minimum absolute atomic E-state index is 0.0255. The smallest absolute Gasteiger partial charge is 0.331 e. The van der Waals surface area contributed by atoms with Crippen molar-refractivity contribution in [1.29, 1.82) is 0 Å².